The normalized spacial score (nSPS) is 13.3. The van der Waals surface area contributed by atoms with E-state index in [1.165, 1.54) is 0 Å². The molecule has 0 aliphatic rings. The summed E-state index contributed by atoms with van der Waals surface area (Å²) in [6, 6.07) is 0. The predicted molar refractivity (Wildman–Crippen MR) is 50.0 cm³/mol. The van der Waals surface area contributed by atoms with E-state index in [4.69, 9.17) is 58.0 Å². The standard InChI is InChI=1S/C5H5Cl5O/c1-2-4(6,7)3(11)5(8,9)10/h2H2,1H3. The minimum Gasteiger partial charge on any atom is -0.291 e. The fraction of sp³-hybridized carbons (Fsp3) is 0.800. The van der Waals surface area contributed by atoms with Gasteiger partial charge in [-0.05, 0) is 6.42 Å². The first-order valence-electron chi connectivity index (χ1n) is 2.71. The van der Waals surface area contributed by atoms with E-state index in [9.17, 15) is 4.79 Å². The quantitative estimate of drug-likeness (QED) is 0.693. The average molecular weight is 258 g/mol. The largest absolute Gasteiger partial charge is 0.291 e. The maximum Gasteiger partial charge on any atom is 0.251 e. The van der Waals surface area contributed by atoms with Crippen molar-refractivity contribution in [2.45, 2.75) is 21.5 Å². The Kier molecular flexibility index (Phi) is 4.28. The Bertz CT molecular complexity index is 159. The van der Waals surface area contributed by atoms with Crippen LogP contribution in [0.4, 0.5) is 0 Å². The topological polar surface area (TPSA) is 17.1 Å². The number of hydrogen-bond acceptors (Lipinski definition) is 1. The minimum atomic E-state index is -2.04. The summed E-state index contributed by atoms with van der Waals surface area (Å²) < 4.78 is -3.65. The van der Waals surface area contributed by atoms with Crippen molar-refractivity contribution in [3.05, 3.63) is 0 Å². The SMILES string of the molecule is CCC(Cl)(Cl)C(=O)C(Cl)(Cl)Cl. The van der Waals surface area contributed by atoms with Crippen molar-refractivity contribution in [1.29, 1.82) is 0 Å². The maximum absolute atomic E-state index is 11.1. The molecule has 6 heteroatoms. The molecule has 0 N–H and O–H groups in total. The Morgan fingerprint density at radius 1 is 1.18 bits per heavy atom. The molecule has 0 atom stereocenters. The van der Waals surface area contributed by atoms with E-state index in [1.54, 1.807) is 6.92 Å². The monoisotopic (exact) mass is 256 g/mol. The zero-order valence-electron chi connectivity index (χ0n) is 5.51. The highest BCUT2D eigenvalue weighted by Crippen LogP contribution is 2.38. The number of carbonyl (C=O) groups excluding carboxylic acids is 1. The number of alkyl halides is 5. The van der Waals surface area contributed by atoms with Crippen molar-refractivity contribution in [3.63, 3.8) is 0 Å². The molecule has 0 aromatic rings. The molecule has 0 aromatic carbocycles. The fourth-order valence-electron chi connectivity index (χ4n) is 0.368. The molecule has 0 rings (SSSR count). The molecule has 66 valence electrons. The van der Waals surface area contributed by atoms with Gasteiger partial charge in [0, 0.05) is 0 Å². The van der Waals surface area contributed by atoms with Gasteiger partial charge in [-0.1, -0.05) is 64.9 Å². The van der Waals surface area contributed by atoms with Gasteiger partial charge >= 0.3 is 0 Å². The second kappa shape index (κ2) is 3.89. The molecule has 0 saturated heterocycles. The smallest absolute Gasteiger partial charge is 0.251 e. The van der Waals surface area contributed by atoms with Crippen LogP contribution in [0.2, 0.25) is 0 Å². The van der Waals surface area contributed by atoms with Crippen LogP contribution in [0.5, 0.6) is 0 Å². The summed E-state index contributed by atoms with van der Waals surface area (Å²) in [4.78, 5) is 11.1. The lowest BCUT2D eigenvalue weighted by Gasteiger charge is -2.20. The van der Waals surface area contributed by atoms with Crippen molar-refractivity contribution < 1.29 is 4.79 Å². The summed E-state index contributed by atoms with van der Waals surface area (Å²) in [7, 11) is 0. The maximum atomic E-state index is 11.1. The molecular formula is C5H5Cl5O. The first-order valence-corrected chi connectivity index (χ1v) is 4.60. The molecule has 0 aliphatic carbocycles. The highest BCUT2D eigenvalue weighted by Gasteiger charge is 2.44. The summed E-state index contributed by atoms with van der Waals surface area (Å²) in [5.74, 6) is -0.819. The van der Waals surface area contributed by atoms with Gasteiger partial charge in [0.15, 0.2) is 4.33 Å². The Labute approximate surface area is 89.9 Å². The van der Waals surface area contributed by atoms with E-state index in [0.29, 0.717) is 0 Å². The summed E-state index contributed by atoms with van der Waals surface area (Å²) >= 11 is 26.8. The number of ketones is 1. The Hall–Kier alpha value is 1.12. The van der Waals surface area contributed by atoms with Crippen molar-refractivity contribution in [1.82, 2.24) is 0 Å². The number of hydrogen-bond donors (Lipinski definition) is 0. The lowest BCUT2D eigenvalue weighted by Crippen LogP contribution is -2.35. The van der Waals surface area contributed by atoms with Gasteiger partial charge in [-0.15, -0.1) is 0 Å². The van der Waals surface area contributed by atoms with Gasteiger partial charge < -0.3 is 0 Å². The zero-order valence-corrected chi connectivity index (χ0v) is 9.28. The van der Waals surface area contributed by atoms with Crippen LogP contribution in [0.1, 0.15) is 13.3 Å². The van der Waals surface area contributed by atoms with Crippen LogP contribution in [-0.4, -0.2) is 13.9 Å². The van der Waals surface area contributed by atoms with Gasteiger partial charge in [0.2, 0.25) is 5.78 Å². The second-order valence-corrected chi connectivity index (χ2v) is 5.65. The molecule has 0 unspecified atom stereocenters. The highest BCUT2D eigenvalue weighted by atomic mass is 35.6. The molecule has 0 fully saturated rings. The molecule has 1 nitrogen and oxygen atoms in total. The third-order valence-electron chi connectivity index (χ3n) is 1.03. The van der Waals surface area contributed by atoms with Gasteiger partial charge in [0.1, 0.15) is 0 Å². The number of Topliss-reactive ketones (excluding diaryl/α,β-unsaturated/α-hetero) is 1. The molecule has 0 saturated carbocycles. The van der Waals surface area contributed by atoms with E-state index >= 15 is 0 Å². The van der Waals surface area contributed by atoms with Crippen LogP contribution in [0.25, 0.3) is 0 Å². The van der Waals surface area contributed by atoms with Crippen LogP contribution in [-0.2, 0) is 4.79 Å². The highest BCUT2D eigenvalue weighted by molar-refractivity contribution is 6.80. The molecule has 0 bridgehead atoms. The lowest BCUT2D eigenvalue weighted by molar-refractivity contribution is -0.118. The zero-order chi connectivity index (χ0) is 9.28. The molecule has 0 heterocycles. The van der Waals surface area contributed by atoms with Crippen molar-refractivity contribution >= 4 is 63.8 Å². The third-order valence-corrected chi connectivity index (χ3v) is 2.43. The van der Waals surface area contributed by atoms with Crippen molar-refractivity contribution in [3.8, 4) is 0 Å². The van der Waals surface area contributed by atoms with Gasteiger partial charge in [0.05, 0.1) is 0 Å². The van der Waals surface area contributed by atoms with Crippen LogP contribution in [0.15, 0.2) is 0 Å². The van der Waals surface area contributed by atoms with E-state index in [1.807, 2.05) is 0 Å². The summed E-state index contributed by atoms with van der Waals surface area (Å²) in [5, 5.41) is 0. The van der Waals surface area contributed by atoms with E-state index in [2.05, 4.69) is 0 Å². The molecule has 0 spiro atoms. The molecule has 0 radical (unpaired) electrons. The summed E-state index contributed by atoms with van der Waals surface area (Å²) in [6.45, 7) is 1.62. The number of halogens is 5. The molecule has 0 aliphatic heterocycles. The number of rotatable bonds is 2. The van der Waals surface area contributed by atoms with Crippen molar-refractivity contribution in [2.24, 2.45) is 0 Å². The van der Waals surface area contributed by atoms with E-state index in [-0.39, 0.29) is 6.42 Å². The fourth-order valence-corrected chi connectivity index (χ4v) is 1.43. The number of carbonyl (C=O) groups is 1. The van der Waals surface area contributed by atoms with E-state index in [0.717, 1.165) is 0 Å². The van der Waals surface area contributed by atoms with Gasteiger partial charge in [0.25, 0.3) is 3.79 Å². The molecule has 0 amide bonds. The van der Waals surface area contributed by atoms with Crippen molar-refractivity contribution in [2.75, 3.05) is 0 Å². The first-order chi connectivity index (χ1) is 4.72. The Morgan fingerprint density at radius 3 is 1.64 bits per heavy atom. The second-order valence-electron chi connectivity index (χ2n) is 1.88. The molecule has 0 aromatic heterocycles. The molecule has 11 heavy (non-hydrogen) atoms. The van der Waals surface area contributed by atoms with Crippen LogP contribution in [0.3, 0.4) is 0 Å². The summed E-state index contributed by atoms with van der Waals surface area (Å²) in [5.41, 5.74) is 0. The van der Waals surface area contributed by atoms with Gasteiger partial charge in [-0.25, -0.2) is 0 Å². The molecular weight excluding hydrogens is 253 g/mol. The third kappa shape index (κ3) is 3.56. The Balaban J connectivity index is 4.50. The Morgan fingerprint density at radius 2 is 1.55 bits per heavy atom. The predicted octanol–water partition coefficient (Wildman–Crippen LogP) is 3.51. The van der Waals surface area contributed by atoms with Gasteiger partial charge in [-0.3, -0.25) is 4.79 Å². The lowest BCUT2D eigenvalue weighted by atomic mass is 10.2. The van der Waals surface area contributed by atoms with Crippen LogP contribution < -0.4 is 0 Å². The van der Waals surface area contributed by atoms with E-state index < -0.39 is 13.9 Å². The van der Waals surface area contributed by atoms with Crippen LogP contribution in [0, 0.1) is 0 Å². The summed E-state index contributed by atoms with van der Waals surface area (Å²) in [6.07, 6.45) is 0.197. The minimum absolute atomic E-state index is 0.197. The van der Waals surface area contributed by atoms with Crippen LogP contribution >= 0.6 is 58.0 Å². The average Bonchev–Trinajstić information content (AvgIpc) is 1.84. The van der Waals surface area contributed by atoms with Gasteiger partial charge in [-0.2, -0.15) is 0 Å². The first kappa shape index (κ1) is 12.1.